The van der Waals surface area contributed by atoms with Gasteiger partial charge in [-0.15, -0.1) is 11.3 Å². The highest BCUT2D eigenvalue weighted by Gasteiger charge is 2.40. The van der Waals surface area contributed by atoms with Crippen molar-refractivity contribution in [3.8, 4) is 0 Å². The van der Waals surface area contributed by atoms with Crippen LogP contribution in [0.15, 0.2) is 6.07 Å². The summed E-state index contributed by atoms with van der Waals surface area (Å²) in [4.78, 5) is 12.0. The largest absolute Gasteiger partial charge is 0.376 e. The Bertz CT molecular complexity index is 450. The Balaban J connectivity index is 2.01. The molecular weight excluding hydrogens is 295 g/mol. The van der Waals surface area contributed by atoms with Crippen LogP contribution >= 0.6 is 34.5 Å². The third kappa shape index (κ3) is 2.81. The maximum atomic E-state index is 12.0. The van der Waals surface area contributed by atoms with E-state index >= 15 is 0 Å². The summed E-state index contributed by atoms with van der Waals surface area (Å²) < 4.78 is 6.36. The smallest absolute Gasteiger partial charge is 0.254 e. The Morgan fingerprint density at radius 2 is 2.39 bits per heavy atom. The fourth-order valence-electron chi connectivity index (χ4n) is 1.95. The van der Waals surface area contributed by atoms with Crippen LogP contribution in [-0.4, -0.2) is 30.7 Å². The van der Waals surface area contributed by atoms with E-state index in [0.29, 0.717) is 20.8 Å². The van der Waals surface area contributed by atoms with Gasteiger partial charge in [0.25, 0.3) is 5.91 Å². The fraction of sp³-hybridized carbons (Fsp3) is 0.545. The van der Waals surface area contributed by atoms with Crippen LogP contribution in [0.1, 0.15) is 23.7 Å². The van der Waals surface area contributed by atoms with Gasteiger partial charge in [0.2, 0.25) is 0 Å². The molecule has 4 nitrogen and oxygen atoms in total. The topological polar surface area (TPSA) is 64.3 Å². The van der Waals surface area contributed by atoms with Gasteiger partial charge in [0.1, 0.15) is 4.34 Å². The molecule has 2 rings (SSSR count). The molecule has 0 aliphatic heterocycles. The van der Waals surface area contributed by atoms with Crippen molar-refractivity contribution in [3.63, 3.8) is 0 Å². The molecule has 1 aliphatic rings. The zero-order chi connectivity index (χ0) is 13.3. The Morgan fingerprint density at radius 1 is 1.67 bits per heavy atom. The first kappa shape index (κ1) is 14.1. The minimum absolute atomic E-state index is 0.0122. The van der Waals surface area contributed by atoms with Crippen molar-refractivity contribution in [2.45, 2.75) is 31.5 Å². The van der Waals surface area contributed by atoms with Crippen molar-refractivity contribution in [3.05, 3.63) is 20.3 Å². The van der Waals surface area contributed by atoms with Crippen LogP contribution in [0.25, 0.3) is 0 Å². The maximum absolute atomic E-state index is 12.0. The molecule has 3 N–H and O–H groups in total. The zero-order valence-electron chi connectivity index (χ0n) is 9.78. The van der Waals surface area contributed by atoms with Gasteiger partial charge in [0.15, 0.2) is 0 Å². The number of thiophene rings is 1. The quantitative estimate of drug-likeness (QED) is 0.897. The highest BCUT2D eigenvalue weighted by Crippen LogP contribution is 2.31. The van der Waals surface area contributed by atoms with E-state index in [9.17, 15) is 4.79 Å². The molecule has 1 aromatic heterocycles. The van der Waals surface area contributed by atoms with Gasteiger partial charge in [-0.3, -0.25) is 4.79 Å². The van der Waals surface area contributed by atoms with E-state index in [1.165, 1.54) is 11.3 Å². The van der Waals surface area contributed by atoms with Gasteiger partial charge in [0.05, 0.1) is 22.0 Å². The number of nitrogens with two attached hydrogens (primary N) is 1. The van der Waals surface area contributed by atoms with Crippen LogP contribution < -0.4 is 11.1 Å². The van der Waals surface area contributed by atoms with E-state index < -0.39 is 0 Å². The minimum atomic E-state index is -0.256. The van der Waals surface area contributed by atoms with Crippen LogP contribution in [0.4, 0.5) is 0 Å². The summed E-state index contributed by atoms with van der Waals surface area (Å²) in [5, 5.41) is 2.85. The molecule has 1 aliphatic carbocycles. The minimum Gasteiger partial charge on any atom is -0.376 e. The average molecular weight is 309 g/mol. The summed E-state index contributed by atoms with van der Waals surface area (Å²) in [5.41, 5.74) is 6.25. The summed E-state index contributed by atoms with van der Waals surface area (Å²) in [6.07, 6.45) is 0.749. The van der Waals surface area contributed by atoms with E-state index in [-0.39, 0.29) is 24.1 Å². The van der Waals surface area contributed by atoms with Crippen LogP contribution in [0.5, 0.6) is 0 Å². The Kier molecular flexibility index (Phi) is 4.50. The summed E-state index contributed by atoms with van der Waals surface area (Å²) in [6, 6.07) is 1.33. The monoisotopic (exact) mass is 308 g/mol. The second-order valence-corrected chi connectivity index (χ2v) is 6.42. The van der Waals surface area contributed by atoms with Gasteiger partial charge >= 0.3 is 0 Å². The van der Waals surface area contributed by atoms with E-state index in [1.807, 2.05) is 6.92 Å². The highest BCUT2D eigenvalue weighted by molar-refractivity contribution is 7.20. The first-order valence-electron chi connectivity index (χ1n) is 5.65. The molecule has 7 heteroatoms. The number of carbonyl (C=O) groups excluding carboxylic acids is 1. The summed E-state index contributed by atoms with van der Waals surface area (Å²) in [5.74, 6) is -0.256. The lowest BCUT2D eigenvalue weighted by Gasteiger charge is -2.42. The lowest BCUT2D eigenvalue weighted by molar-refractivity contribution is -0.0300. The van der Waals surface area contributed by atoms with Crippen molar-refractivity contribution in [2.75, 3.05) is 6.61 Å². The number of hydrogen-bond donors (Lipinski definition) is 2. The molecule has 0 bridgehead atoms. The van der Waals surface area contributed by atoms with Crippen molar-refractivity contribution in [1.29, 1.82) is 0 Å². The molecule has 0 aromatic carbocycles. The van der Waals surface area contributed by atoms with Crippen LogP contribution in [0.3, 0.4) is 0 Å². The first-order chi connectivity index (χ1) is 8.52. The highest BCUT2D eigenvalue weighted by atomic mass is 35.5. The van der Waals surface area contributed by atoms with Crippen molar-refractivity contribution < 1.29 is 9.53 Å². The molecule has 0 radical (unpaired) electrons. The van der Waals surface area contributed by atoms with Gasteiger partial charge in [-0.05, 0) is 19.4 Å². The average Bonchev–Trinajstić information content (AvgIpc) is 2.65. The summed E-state index contributed by atoms with van der Waals surface area (Å²) in [6.45, 7) is 2.52. The Morgan fingerprint density at radius 3 is 2.89 bits per heavy atom. The van der Waals surface area contributed by atoms with E-state index in [4.69, 9.17) is 33.7 Å². The number of ether oxygens (including phenoxy) is 1. The molecule has 18 heavy (non-hydrogen) atoms. The van der Waals surface area contributed by atoms with E-state index in [0.717, 1.165) is 6.42 Å². The standard InChI is InChI=1S/C11H14Cl2N2O2S/c1-2-17-7-4-6(14)9(7)15-11(16)5-3-8(12)18-10(5)13/h3,6-7,9H,2,4,14H2,1H3,(H,15,16). The number of halogens is 2. The molecule has 3 unspecified atom stereocenters. The fourth-order valence-corrected chi connectivity index (χ4v) is 3.41. The van der Waals surface area contributed by atoms with Crippen molar-refractivity contribution in [1.82, 2.24) is 5.32 Å². The van der Waals surface area contributed by atoms with Crippen molar-refractivity contribution in [2.24, 2.45) is 5.73 Å². The summed E-state index contributed by atoms with van der Waals surface area (Å²) in [7, 11) is 0. The second kappa shape index (κ2) is 5.75. The molecule has 1 heterocycles. The second-order valence-electron chi connectivity index (χ2n) is 4.13. The predicted octanol–water partition coefficient (Wildman–Crippen LogP) is 2.29. The molecule has 1 fully saturated rings. The molecule has 0 spiro atoms. The van der Waals surface area contributed by atoms with Gasteiger partial charge in [-0.2, -0.15) is 0 Å². The van der Waals surface area contributed by atoms with Crippen LogP contribution in [0.2, 0.25) is 8.67 Å². The maximum Gasteiger partial charge on any atom is 0.254 e. The third-order valence-electron chi connectivity index (χ3n) is 2.95. The molecule has 1 saturated carbocycles. The predicted molar refractivity (Wildman–Crippen MR) is 73.6 cm³/mol. The molecule has 100 valence electrons. The Labute approximate surface area is 119 Å². The van der Waals surface area contributed by atoms with Gasteiger partial charge in [0, 0.05) is 12.6 Å². The van der Waals surface area contributed by atoms with Gasteiger partial charge in [-0.1, -0.05) is 23.2 Å². The zero-order valence-corrected chi connectivity index (χ0v) is 12.1. The number of hydrogen-bond acceptors (Lipinski definition) is 4. The number of rotatable bonds is 4. The van der Waals surface area contributed by atoms with E-state index in [1.54, 1.807) is 6.07 Å². The molecule has 0 saturated heterocycles. The molecule has 3 atom stereocenters. The number of carbonyl (C=O) groups is 1. The van der Waals surface area contributed by atoms with Crippen LogP contribution in [0, 0.1) is 0 Å². The number of nitrogens with one attached hydrogen (secondary N) is 1. The van der Waals surface area contributed by atoms with Crippen LogP contribution in [-0.2, 0) is 4.74 Å². The van der Waals surface area contributed by atoms with Gasteiger partial charge < -0.3 is 15.8 Å². The molecule has 1 amide bonds. The molecule has 1 aromatic rings. The van der Waals surface area contributed by atoms with Gasteiger partial charge in [-0.25, -0.2) is 0 Å². The Hall–Kier alpha value is -0.330. The normalized spacial score (nSPS) is 26.8. The number of amides is 1. The first-order valence-corrected chi connectivity index (χ1v) is 7.23. The third-order valence-corrected chi connectivity index (χ3v) is 4.43. The summed E-state index contributed by atoms with van der Waals surface area (Å²) >= 11 is 12.9. The molecular formula is C11H14Cl2N2O2S. The SMILES string of the molecule is CCOC1CC(N)C1NC(=O)c1cc(Cl)sc1Cl. The van der Waals surface area contributed by atoms with Crippen molar-refractivity contribution >= 4 is 40.4 Å². The van der Waals surface area contributed by atoms with E-state index in [2.05, 4.69) is 5.32 Å². The lowest BCUT2D eigenvalue weighted by atomic mass is 9.83. The lowest BCUT2D eigenvalue weighted by Crippen LogP contribution is -2.64.